The summed E-state index contributed by atoms with van der Waals surface area (Å²) >= 11 is 0. The van der Waals surface area contributed by atoms with Gasteiger partial charge in [0.2, 0.25) is 0 Å². The normalized spacial score (nSPS) is 10.7. The molecule has 0 radical (unpaired) electrons. The second-order valence-corrected chi connectivity index (χ2v) is 6.52. The highest BCUT2D eigenvalue weighted by molar-refractivity contribution is 5.65. The third-order valence-corrected chi connectivity index (χ3v) is 4.36. The summed E-state index contributed by atoms with van der Waals surface area (Å²) in [4.78, 5) is 13.8. The molecule has 0 saturated carbocycles. The van der Waals surface area contributed by atoms with Gasteiger partial charge >= 0.3 is 0 Å². The van der Waals surface area contributed by atoms with Gasteiger partial charge in [0.05, 0.1) is 5.56 Å². The number of aromatic hydroxyl groups is 2. The van der Waals surface area contributed by atoms with E-state index in [1.54, 1.807) is 6.07 Å². The summed E-state index contributed by atoms with van der Waals surface area (Å²) < 4.78 is 0. The maximum atomic E-state index is 10.2. The zero-order valence-corrected chi connectivity index (χ0v) is 15.2. The van der Waals surface area contributed by atoms with Gasteiger partial charge in [-0.3, -0.25) is 0 Å². The third kappa shape index (κ3) is 4.15. The van der Waals surface area contributed by atoms with E-state index in [-0.39, 0.29) is 11.5 Å². The Morgan fingerprint density at radius 1 is 0.607 bits per heavy atom. The topological polar surface area (TPSA) is 79.1 Å². The summed E-state index contributed by atoms with van der Waals surface area (Å²) in [6, 6.07) is 24.4. The molecule has 0 saturated heterocycles. The number of nitrogens with zero attached hydrogens (tertiary/aromatic N) is 3. The lowest BCUT2D eigenvalue weighted by Gasteiger charge is -2.09. The van der Waals surface area contributed by atoms with E-state index >= 15 is 0 Å². The van der Waals surface area contributed by atoms with Gasteiger partial charge in [-0.2, -0.15) is 0 Å². The summed E-state index contributed by atoms with van der Waals surface area (Å²) in [6.45, 7) is 0. The molecule has 0 atom stereocenters. The van der Waals surface area contributed by atoms with Crippen LogP contribution < -0.4 is 0 Å². The van der Waals surface area contributed by atoms with Crippen LogP contribution in [0.15, 0.2) is 78.9 Å². The molecule has 0 aliphatic rings. The van der Waals surface area contributed by atoms with Gasteiger partial charge in [-0.15, -0.1) is 0 Å². The lowest BCUT2D eigenvalue weighted by molar-refractivity contribution is 0.451. The number of benzene rings is 3. The Kier molecular flexibility index (Phi) is 4.97. The van der Waals surface area contributed by atoms with Crippen molar-refractivity contribution in [3.63, 3.8) is 0 Å². The summed E-state index contributed by atoms with van der Waals surface area (Å²) in [5.41, 5.74) is 2.66. The van der Waals surface area contributed by atoms with E-state index in [9.17, 15) is 10.2 Å². The Morgan fingerprint density at radius 2 is 1.14 bits per heavy atom. The Bertz CT molecular complexity index is 1020. The third-order valence-electron chi connectivity index (χ3n) is 4.36. The van der Waals surface area contributed by atoms with Crippen LogP contribution in [-0.2, 0) is 12.8 Å². The molecule has 5 heteroatoms. The first-order valence-electron chi connectivity index (χ1n) is 9.01. The maximum absolute atomic E-state index is 10.2. The van der Waals surface area contributed by atoms with Crippen molar-refractivity contribution < 1.29 is 10.2 Å². The molecule has 3 aromatic carbocycles. The van der Waals surface area contributed by atoms with E-state index < -0.39 is 0 Å². The molecule has 0 fully saturated rings. The predicted molar refractivity (Wildman–Crippen MR) is 107 cm³/mol. The Morgan fingerprint density at radius 3 is 1.64 bits per heavy atom. The van der Waals surface area contributed by atoms with Crippen LogP contribution in [0.3, 0.4) is 0 Å². The predicted octanol–water partition coefficient (Wildman–Crippen LogP) is 4.13. The van der Waals surface area contributed by atoms with Crippen LogP contribution in [0.2, 0.25) is 0 Å². The van der Waals surface area contributed by atoms with E-state index in [4.69, 9.17) is 0 Å². The second kappa shape index (κ2) is 7.88. The monoisotopic (exact) mass is 369 g/mol. The first-order chi connectivity index (χ1) is 13.7. The first kappa shape index (κ1) is 17.7. The number of rotatable bonds is 5. The molecule has 0 bridgehead atoms. The summed E-state index contributed by atoms with van der Waals surface area (Å²) in [7, 11) is 0. The highest BCUT2D eigenvalue weighted by atomic mass is 16.3. The van der Waals surface area contributed by atoms with Crippen LogP contribution >= 0.6 is 0 Å². The van der Waals surface area contributed by atoms with E-state index in [1.165, 1.54) is 12.1 Å². The molecule has 4 rings (SSSR count). The number of phenols is 2. The molecular weight excluding hydrogens is 350 g/mol. The van der Waals surface area contributed by atoms with Gasteiger partial charge in [0.1, 0.15) is 23.1 Å². The van der Waals surface area contributed by atoms with E-state index in [0.29, 0.717) is 35.9 Å². The van der Waals surface area contributed by atoms with Crippen molar-refractivity contribution in [3.8, 4) is 22.9 Å². The van der Waals surface area contributed by atoms with Gasteiger partial charge < -0.3 is 10.2 Å². The fourth-order valence-corrected chi connectivity index (χ4v) is 3.01. The molecule has 0 spiro atoms. The van der Waals surface area contributed by atoms with Crippen LogP contribution in [0.25, 0.3) is 11.4 Å². The quantitative estimate of drug-likeness (QED) is 0.553. The average Bonchev–Trinajstić information content (AvgIpc) is 2.69. The Hall–Kier alpha value is -3.73. The molecule has 138 valence electrons. The number of hydrogen-bond donors (Lipinski definition) is 2. The molecule has 28 heavy (non-hydrogen) atoms. The van der Waals surface area contributed by atoms with Crippen LogP contribution in [-0.4, -0.2) is 25.2 Å². The second-order valence-electron chi connectivity index (χ2n) is 6.52. The average molecular weight is 369 g/mol. The largest absolute Gasteiger partial charge is 0.508 e. The van der Waals surface area contributed by atoms with Crippen molar-refractivity contribution in [2.45, 2.75) is 12.8 Å². The molecule has 0 unspecified atom stereocenters. The van der Waals surface area contributed by atoms with Crippen molar-refractivity contribution >= 4 is 0 Å². The highest BCUT2D eigenvalue weighted by Gasteiger charge is 2.13. The molecule has 0 aliphatic carbocycles. The SMILES string of the molecule is Oc1ccc(-c2nc(Cc3ccccc3)nc(Cc3ccccc3)n2)c(O)c1. The van der Waals surface area contributed by atoms with Crippen LogP contribution in [0.5, 0.6) is 11.5 Å². The van der Waals surface area contributed by atoms with Crippen molar-refractivity contribution in [2.24, 2.45) is 0 Å². The molecular formula is C23H19N3O2. The zero-order valence-electron chi connectivity index (χ0n) is 15.2. The van der Waals surface area contributed by atoms with Gasteiger partial charge in [-0.1, -0.05) is 60.7 Å². The van der Waals surface area contributed by atoms with Crippen molar-refractivity contribution in [1.82, 2.24) is 15.0 Å². The van der Waals surface area contributed by atoms with Gasteiger partial charge in [0.25, 0.3) is 0 Å². The lowest BCUT2D eigenvalue weighted by Crippen LogP contribution is -2.07. The van der Waals surface area contributed by atoms with Gasteiger partial charge in [0.15, 0.2) is 5.82 Å². The summed E-state index contributed by atoms with van der Waals surface area (Å²) in [5.74, 6) is 1.58. The first-order valence-corrected chi connectivity index (χ1v) is 9.01. The van der Waals surface area contributed by atoms with Gasteiger partial charge in [0, 0.05) is 18.9 Å². The smallest absolute Gasteiger partial charge is 0.167 e. The lowest BCUT2D eigenvalue weighted by atomic mass is 10.1. The summed E-state index contributed by atoms with van der Waals surface area (Å²) in [5, 5.41) is 19.8. The Balaban J connectivity index is 1.76. The van der Waals surface area contributed by atoms with E-state index in [2.05, 4.69) is 15.0 Å². The minimum Gasteiger partial charge on any atom is -0.508 e. The van der Waals surface area contributed by atoms with Crippen LogP contribution in [0, 0.1) is 0 Å². The minimum absolute atomic E-state index is 0.00989. The fraction of sp³-hybridized carbons (Fsp3) is 0.0870. The molecule has 1 aromatic heterocycles. The molecule has 0 aliphatic heterocycles. The molecule has 2 N–H and O–H groups in total. The van der Waals surface area contributed by atoms with E-state index in [1.807, 2.05) is 60.7 Å². The van der Waals surface area contributed by atoms with Gasteiger partial charge in [-0.05, 0) is 23.3 Å². The molecule has 5 nitrogen and oxygen atoms in total. The number of aromatic nitrogens is 3. The van der Waals surface area contributed by atoms with Crippen LogP contribution in [0.4, 0.5) is 0 Å². The number of hydrogen-bond acceptors (Lipinski definition) is 5. The fourth-order valence-electron chi connectivity index (χ4n) is 3.01. The highest BCUT2D eigenvalue weighted by Crippen LogP contribution is 2.30. The van der Waals surface area contributed by atoms with Crippen LogP contribution in [0.1, 0.15) is 22.8 Å². The maximum Gasteiger partial charge on any atom is 0.167 e. The van der Waals surface area contributed by atoms with Gasteiger partial charge in [-0.25, -0.2) is 15.0 Å². The number of phenolic OH excluding ortho intramolecular Hbond substituents is 2. The Labute approximate surface area is 163 Å². The molecule has 4 aromatic rings. The summed E-state index contributed by atoms with van der Waals surface area (Å²) in [6.07, 6.45) is 1.13. The minimum atomic E-state index is -0.0671. The van der Waals surface area contributed by atoms with E-state index in [0.717, 1.165) is 11.1 Å². The zero-order chi connectivity index (χ0) is 19.3. The standard InChI is InChI=1S/C23H19N3O2/c27-18-11-12-19(20(28)15-18)23-25-21(13-16-7-3-1-4-8-16)24-22(26-23)14-17-9-5-2-6-10-17/h1-12,15,27-28H,13-14H2. The molecule has 0 amide bonds. The van der Waals surface area contributed by atoms with Crippen molar-refractivity contribution in [1.29, 1.82) is 0 Å². The van der Waals surface area contributed by atoms with Crippen molar-refractivity contribution in [3.05, 3.63) is 102 Å². The van der Waals surface area contributed by atoms with Crippen molar-refractivity contribution in [2.75, 3.05) is 0 Å². The molecule has 1 heterocycles.